The molecular weight excluding hydrogens is 1010 g/mol. The van der Waals surface area contributed by atoms with Crippen LogP contribution in [-0.4, -0.2) is 157 Å². The molecule has 0 aliphatic carbocycles. The Morgan fingerprint density at radius 3 is 1.45 bits per heavy atom. The Labute approximate surface area is 436 Å². The van der Waals surface area contributed by atoms with Crippen molar-refractivity contribution in [2.45, 2.75) is 133 Å². The summed E-state index contributed by atoms with van der Waals surface area (Å²) in [6, 6.07) is 5.26. The highest BCUT2D eigenvalue weighted by Gasteiger charge is 2.35. The summed E-state index contributed by atoms with van der Waals surface area (Å²) in [6.45, 7) is 6.22. The van der Waals surface area contributed by atoms with Gasteiger partial charge in [0.1, 0.15) is 42.3 Å². The lowest BCUT2D eigenvalue weighted by Gasteiger charge is -2.36. The molecule has 0 aliphatic rings. The smallest absolute Gasteiger partial charge is 0.327 e. The second-order valence-corrected chi connectivity index (χ2v) is 19.3. The van der Waals surface area contributed by atoms with Crippen molar-refractivity contribution in [2.24, 2.45) is 11.1 Å². The molecule has 2 aromatic rings. The highest BCUT2D eigenvalue weighted by molar-refractivity contribution is 7.80. The Balaban J connectivity index is 2.20. The molecule has 0 bridgehead atoms. The number of nitrogens with two attached hydrogens (primary N) is 1. The van der Waals surface area contributed by atoms with Crippen molar-refractivity contribution in [3.05, 3.63) is 71.8 Å². The summed E-state index contributed by atoms with van der Waals surface area (Å²) in [6.07, 6.45) is -2.95. The number of benzene rings is 2. The Morgan fingerprint density at radius 1 is 0.533 bits per heavy atom. The first-order valence-electron chi connectivity index (χ1n) is 23.4. The highest BCUT2D eigenvalue weighted by atomic mass is 32.1. The maximum Gasteiger partial charge on any atom is 0.327 e. The number of carbonyl (C=O) groups is 12. The van der Waals surface area contributed by atoms with E-state index >= 15 is 0 Å². The summed E-state index contributed by atoms with van der Waals surface area (Å²) in [5, 5.41) is 65.5. The van der Waals surface area contributed by atoms with Crippen LogP contribution in [0.15, 0.2) is 60.7 Å². The SMILES string of the molecule is CC(C)(CC(=O)NC(Cc1ccccc1)C(=O)N[C@@H](Cc1ccccc1)C(=O)NC[C@H](N)C(=O)N[C@@H](CC(=O)O)C(=O)N[C@@H](CS)C(=O)O)CC(C)(C)NC(=O)CC[C@H](NC(=O)N[C@@H](CCC(=O)O)C(=O)O)C(=O)O. The fourth-order valence-corrected chi connectivity index (χ4v) is 8.02. The minimum Gasteiger partial charge on any atom is -0.481 e. The van der Waals surface area contributed by atoms with Gasteiger partial charge in [0.15, 0.2) is 0 Å². The van der Waals surface area contributed by atoms with Crippen LogP contribution in [0.5, 0.6) is 0 Å². The van der Waals surface area contributed by atoms with Gasteiger partial charge < -0.3 is 73.8 Å². The Hall–Kier alpha value is -7.81. The Morgan fingerprint density at radius 2 is 0.987 bits per heavy atom. The van der Waals surface area contributed by atoms with E-state index in [1.165, 1.54) is 0 Å². The summed E-state index contributed by atoms with van der Waals surface area (Å²) in [5.74, 6) is -12.7. The van der Waals surface area contributed by atoms with Gasteiger partial charge in [-0.2, -0.15) is 12.6 Å². The number of hydrogen-bond acceptors (Lipinski definition) is 14. The minimum atomic E-state index is -1.76. The molecule has 15 N–H and O–H groups in total. The van der Waals surface area contributed by atoms with Gasteiger partial charge in [-0.1, -0.05) is 74.5 Å². The van der Waals surface area contributed by atoms with Gasteiger partial charge in [-0.15, -0.1) is 0 Å². The number of hydrogen-bond donors (Lipinski definition) is 15. The number of carboxylic acid groups (broad SMARTS) is 5. The third-order valence-corrected chi connectivity index (χ3v) is 11.4. The lowest BCUT2D eigenvalue weighted by atomic mass is 9.77. The number of carboxylic acids is 5. The van der Waals surface area contributed by atoms with Crippen LogP contribution in [0.2, 0.25) is 0 Å². The average molecular weight is 1070 g/mol. The molecule has 2 aromatic carbocycles. The first-order chi connectivity index (χ1) is 35.0. The Kier molecular flexibility index (Phi) is 25.7. The van der Waals surface area contributed by atoms with Crippen LogP contribution in [0.4, 0.5) is 4.79 Å². The molecule has 0 aromatic heterocycles. The molecule has 0 fully saturated rings. The molecule has 412 valence electrons. The van der Waals surface area contributed by atoms with Crippen molar-refractivity contribution in [2.75, 3.05) is 12.3 Å². The van der Waals surface area contributed by atoms with Gasteiger partial charge in [-0.05, 0) is 49.7 Å². The second kappa shape index (κ2) is 30.4. The predicted octanol–water partition coefficient (Wildman–Crippen LogP) is -1.10. The van der Waals surface area contributed by atoms with E-state index in [0.717, 1.165) is 0 Å². The van der Waals surface area contributed by atoms with E-state index in [1.807, 2.05) is 5.32 Å². The molecule has 26 nitrogen and oxygen atoms in total. The fourth-order valence-electron chi connectivity index (χ4n) is 7.78. The van der Waals surface area contributed by atoms with Gasteiger partial charge in [-0.25, -0.2) is 19.2 Å². The zero-order chi connectivity index (χ0) is 56.6. The van der Waals surface area contributed by atoms with Gasteiger partial charge in [0, 0.05) is 49.9 Å². The van der Waals surface area contributed by atoms with Crippen molar-refractivity contribution in [1.29, 1.82) is 0 Å². The zero-order valence-electron chi connectivity index (χ0n) is 41.8. The molecule has 2 rings (SSSR count). The lowest BCUT2D eigenvalue weighted by Crippen LogP contribution is -2.58. The minimum absolute atomic E-state index is 0.0316. The van der Waals surface area contributed by atoms with Gasteiger partial charge in [-0.3, -0.25) is 38.4 Å². The Bertz CT molecular complexity index is 2360. The van der Waals surface area contributed by atoms with E-state index in [4.69, 9.17) is 10.8 Å². The van der Waals surface area contributed by atoms with Crippen molar-refractivity contribution in [3.63, 3.8) is 0 Å². The van der Waals surface area contributed by atoms with Crippen LogP contribution in [0, 0.1) is 5.41 Å². The van der Waals surface area contributed by atoms with Crippen molar-refractivity contribution in [3.8, 4) is 0 Å². The van der Waals surface area contributed by atoms with E-state index < -0.39 is 163 Å². The van der Waals surface area contributed by atoms with Crippen LogP contribution in [-0.2, 0) is 65.6 Å². The van der Waals surface area contributed by atoms with Crippen LogP contribution >= 0.6 is 12.6 Å². The molecule has 0 spiro atoms. The van der Waals surface area contributed by atoms with E-state index in [9.17, 15) is 78.0 Å². The molecule has 1 unspecified atom stereocenters. The normalized spacial score (nSPS) is 14.1. The lowest BCUT2D eigenvalue weighted by molar-refractivity contribution is -0.143. The number of urea groups is 1. The van der Waals surface area contributed by atoms with E-state index in [2.05, 4.69) is 49.8 Å². The summed E-state index contributed by atoms with van der Waals surface area (Å²) < 4.78 is 0. The standard InChI is InChI=1S/C48H67N9O17S/c1-47(2,25-48(3,4)57-35(58)17-15-29(43(68)69)55-46(74)56-30(44(70)71)16-18-37(60)61)22-36(59)51-32(20-27-13-9-6-10-14-27)41(66)53-31(19-26-11-7-5-8-12-26)40(65)50-23-28(49)39(64)52-33(21-38(62)63)42(67)54-34(24-75)45(72)73/h5-14,28-34,75H,15-25,49H2,1-4H3,(H,50,65)(H,51,59)(H,52,64)(H,53,66)(H,54,67)(H,57,58)(H,60,61)(H,62,63)(H,68,69)(H,70,71)(H,72,73)(H2,55,56,74)/t28-,29-,30-,31-,32?,33-,34-/m0/s1. The van der Waals surface area contributed by atoms with E-state index in [0.29, 0.717) is 11.1 Å². The molecular formula is C48H67N9O17S. The molecule has 27 heteroatoms. The monoisotopic (exact) mass is 1070 g/mol. The van der Waals surface area contributed by atoms with Crippen molar-refractivity contribution in [1.82, 2.24) is 42.5 Å². The summed E-state index contributed by atoms with van der Waals surface area (Å²) in [5.41, 5.74) is 5.39. The highest BCUT2D eigenvalue weighted by Crippen LogP contribution is 2.31. The molecule has 0 saturated heterocycles. The van der Waals surface area contributed by atoms with Crippen LogP contribution < -0.4 is 48.3 Å². The third kappa shape index (κ3) is 24.6. The molecule has 75 heavy (non-hydrogen) atoms. The molecule has 0 radical (unpaired) electrons. The number of nitrogens with one attached hydrogen (secondary N) is 8. The average Bonchev–Trinajstić information content (AvgIpc) is 3.30. The van der Waals surface area contributed by atoms with Gasteiger partial charge in [0.05, 0.1) is 6.42 Å². The van der Waals surface area contributed by atoms with Gasteiger partial charge >= 0.3 is 35.9 Å². The first kappa shape index (κ1) is 63.3. The largest absolute Gasteiger partial charge is 0.481 e. The number of carbonyl (C=O) groups excluding carboxylic acids is 7. The molecule has 0 aliphatic heterocycles. The van der Waals surface area contributed by atoms with Gasteiger partial charge in [0.2, 0.25) is 35.4 Å². The van der Waals surface area contributed by atoms with Crippen LogP contribution in [0.1, 0.15) is 83.8 Å². The van der Waals surface area contributed by atoms with Crippen molar-refractivity contribution < 1.29 is 83.1 Å². The molecule has 0 heterocycles. The first-order valence-corrected chi connectivity index (χ1v) is 24.1. The van der Waals surface area contributed by atoms with E-state index in [1.54, 1.807) is 88.4 Å². The number of thiol groups is 1. The van der Waals surface area contributed by atoms with Crippen molar-refractivity contribution >= 4 is 83.9 Å². The number of rotatable bonds is 33. The summed E-state index contributed by atoms with van der Waals surface area (Å²) in [4.78, 5) is 150. The number of amides is 8. The van der Waals surface area contributed by atoms with Crippen LogP contribution in [0.25, 0.3) is 0 Å². The maximum absolute atomic E-state index is 14.2. The zero-order valence-corrected chi connectivity index (χ0v) is 42.6. The number of aliphatic carboxylic acids is 5. The molecule has 7 atom stereocenters. The maximum atomic E-state index is 14.2. The quantitative estimate of drug-likeness (QED) is 0.0377. The summed E-state index contributed by atoms with van der Waals surface area (Å²) in [7, 11) is 0. The predicted molar refractivity (Wildman–Crippen MR) is 269 cm³/mol. The molecule has 0 saturated carbocycles. The van der Waals surface area contributed by atoms with E-state index in [-0.39, 0.29) is 31.4 Å². The second-order valence-electron chi connectivity index (χ2n) is 19.0. The topological polar surface area (TPSA) is 428 Å². The third-order valence-electron chi connectivity index (χ3n) is 11.0. The van der Waals surface area contributed by atoms with Gasteiger partial charge in [0.25, 0.3) is 0 Å². The van der Waals surface area contributed by atoms with Crippen LogP contribution in [0.3, 0.4) is 0 Å². The molecule has 8 amide bonds. The summed E-state index contributed by atoms with van der Waals surface area (Å²) >= 11 is 3.85. The fraction of sp³-hybridized carbons (Fsp3) is 0.500.